The van der Waals surface area contributed by atoms with Gasteiger partial charge in [0.05, 0.1) is 6.61 Å². The molecule has 0 radical (unpaired) electrons. The summed E-state index contributed by atoms with van der Waals surface area (Å²) in [6.45, 7) is 5.04. The zero-order valence-electron chi connectivity index (χ0n) is 11.2. The second-order valence-electron chi connectivity index (χ2n) is 4.09. The van der Waals surface area contributed by atoms with Crippen molar-refractivity contribution in [1.29, 1.82) is 0 Å². The lowest BCUT2D eigenvalue weighted by Gasteiger charge is -2.08. The van der Waals surface area contributed by atoms with Crippen LogP contribution in [0.15, 0.2) is 16.7 Å². The maximum absolute atomic E-state index is 4.98. The molecule has 2 aromatic rings. The van der Waals surface area contributed by atoms with Crippen molar-refractivity contribution in [2.75, 3.05) is 30.9 Å². The van der Waals surface area contributed by atoms with E-state index in [-0.39, 0.29) is 0 Å². The average Bonchev–Trinajstić information content (AvgIpc) is 2.74. The smallest absolute Gasteiger partial charge is 0.230 e. The quantitative estimate of drug-likeness (QED) is 0.769. The van der Waals surface area contributed by atoms with Crippen LogP contribution in [0.4, 0.5) is 17.6 Å². The fourth-order valence-electron chi connectivity index (χ4n) is 1.54. The van der Waals surface area contributed by atoms with Gasteiger partial charge in [-0.2, -0.15) is 4.98 Å². The summed E-state index contributed by atoms with van der Waals surface area (Å²) >= 11 is 0. The van der Waals surface area contributed by atoms with Crippen molar-refractivity contribution in [1.82, 2.24) is 15.1 Å². The third kappa shape index (κ3) is 3.92. The van der Waals surface area contributed by atoms with E-state index in [0.29, 0.717) is 24.9 Å². The molecule has 2 rings (SSSR count). The Morgan fingerprint density at radius 3 is 2.74 bits per heavy atom. The minimum Gasteiger partial charge on any atom is -0.383 e. The molecule has 0 spiro atoms. The molecular weight excluding hydrogens is 246 g/mol. The Morgan fingerprint density at radius 2 is 2.05 bits per heavy atom. The first-order chi connectivity index (χ1) is 9.17. The van der Waals surface area contributed by atoms with Gasteiger partial charge in [-0.05, 0) is 13.8 Å². The monoisotopic (exact) mass is 263 g/mol. The minimum absolute atomic E-state index is 0.480. The number of nitrogens with one attached hydrogen (secondary N) is 2. The Balaban J connectivity index is 2.07. The number of hydrogen-bond donors (Lipinski definition) is 2. The number of ether oxygens (including phenoxy) is 1. The first-order valence-corrected chi connectivity index (χ1v) is 5.96. The molecule has 0 atom stereocenters. The van der Waals surface area contributed by atoms with Crippen LogP contribution < -0.4 is 10.6 Å². The Hall–Kier alpha value is -2.15. The first kappa shape index (κ1) is 13.3. The number of nitrogens with zero attached hydrogens (tertiary/aromatic N) is 3. The van der Waals surface area contributed by atoms with Crippen LogP contribution in [0, 0.1) is 13.8 Å². The third-order valence-electron chi connectivity index (χ3n) is 2.33. The number of aryl methyl sites for hydroxylation is 2. The van der Waals surface area contributed by atoms with Crippen molar-refractivity contribution in [2.45, 2.75) is 13.8 Å². The van der Waals surface area contributed by atoms with Crippen LogP contribution in [0.1, 0.15) is 11.5 Å². The summed E-state index contributed by atoms with van der Waals surface area (Å²) in [6.07, 6.45) is 0. The molecule has 0 unspecified atom stereocenters. The lowest BCUT2D eigenvalue weighted by atomic mass is 10.4. The van der Waals surface area contributed by atoms with E-state index in [4.69, 9.17) is 9.26 Å². The van der Waals surface area contributed by atoms with Crippen LogP contribution in [-0.2, 0) is 4.74 Å². The van der Waals surface area contributed by atoms with Gasteiger partial charge in [0, 0.05) is 31.5 Å². The summed E-state index contributed by atoms with van der Waals surface area (Å²) in [5.74, 6) is 2.54. The number of methoxy groups -OCH3 is 1. The van der Waals surface area contributed by atoms with Gasteiger partial charge in [-0.1, -0.05) is 5.16 Å². The first-order valence-electron chi connectivity index (χ1n) is 5.96. The Labute approximate surface area is 111 Å². The molecule has 7 heteroatoms. The largest absolute Gasteiger partial charge is 0.383 e. The number of hydrogen-bond acceptors (Lipinski definition) is 7. The van der Waals surface area contributed by atoms with Crippen molar-refractivity contribution >= 4 is 17.6 Å². The molecule has 2 heterocycles. The summed E-state index contributed by atoms with van der Waals surface area (Å²) in [4.78, 5) is 8.63. The predicted octanol–water partition coefficient (Wildman–Crippen LogP) is 1.88. The van der Waals surface area contributed by atoms with Crippen molar-refractivity contribution in [3.63, 3.8) is 0 Å². The lowest BCUT2D eigenvalue weighted by molar-refractivity contribution is 0.210. The zero-order chi connectivity index (χ0) is 13.7. The van der Waals surface area contributed by atoms with Crippen molar-refractivity contribution in [2.24, 2.45) is 0 Å². The topological polar surface area (TPSA) is 85.1 Å². The normalized spacial score (nSPS) is 10.5. The molecule has 19 heavy (non-hydrogen) atoms. The number of rotatable bonds is 6. The van der Waals surface area contributed by atoms with Gasteiger partial charge in [-0.15, -0.1) is 0 Å². The van der Waals surface area contributed by atoms with E-state index < -0.39 is 0 Å². The van der Waals surface area contributed by atoms with Gasteiger partial charge >= 0.3 is 0 Å². The Kier molecular flexibility index (Phi) is 4.30. The fourth-order valence-corrected chi connectivity index (χ4v) is 1.54. The van der Waals surface area contributed by atoms with Gasteiger partial charge in [0.1, 0.15) is 11.6 Å². The molecule has 0 fully saturated rings. The third-order valence-corrected chi connectivity index (χ3v) is 2.33. The second kappa shape index (κ2) is 6.14. The maximum atomic E-state index is 4.98. The fraction of sp³-hybridized carbons (Fsp3) is 0.417. The lowest BCUT2D eigenvalue weighted by Crippen LogP contribution is -2.10. The summed E-state index contributed by atoms with van der Waals surface area (Å²) in [6, 6.07) is 3.65. The molecule has 0 amide bonds. The van der Waals surface area contributed by atoms with Crippen LogP contribution in [0.2, 0.25) is 0 Å². The highest BCUT2D eigenvalue weighted by molar-refractivity contribution is 5.50. The molecule has 2 aromatic heterocycles. The Morgan fingerprint density at radius 1 is 1.21 bits per heavy atom. The van der Waals surface area contributed by atoms with Crippen LogP contribution in [-0.4, -0.2) is 35.4 Å². The van der Waals surface area contributed by atoms with Crippen LogP contribution in [0.25, 0.3) is 0 Å². The number of aromatic nitrogens is 3. The summed E-state index contributed by atoms with van der Waals surface area (Å²) in [5, 5.41) is 10.00. The predicted molar refractivity (Wildman–Crippen MR) is 71.7 cm³/mol. The van der Waals surface area contributed by atoms with E-state index >= 15 is 0 Å². The SMILES string of the molecule is COCCNc1cc(C)nc(Nc2cc(C)on2)n1. The molecule has 7 nitrogen and oxygen atoms in total. The van der Waals surface area contributed by atoms with Crippen molar-refractivity contribution < 1.29 is 9.26 Å². The van der Waals surface area contributed by atoms with Gasteiger partial charge in [0.15, 0.2) is 5.82 Å². The van der Waals surface area contributed by atoms with Crippen LogP contribution in [0.5, 0.6) is 0 Å². The van der Waals surface area contributed by atoms with E-state index in [1.54, 1.807) is 13.2 Å². The van der Waals surface area contributed by atoms with Gasteiger partial charge in [0.2, 0.25) is 5.95 Å². The minimum atomic E-state index is 0.480. The van der Waals surface area contributed by atoms with Crippen molar-refractivity contribution in [3.05, 3.63) is 23.6 Å². The average molecular weight is 263 g/mol. The van der Waals surface area contributed by atoms with Crippen molar-refractivity contribution in [3.8, 4) is 0 Å². The molecular formula is C12H17N5O2. The highest BCUT2D eigenvalue weighted by atomic mass is 16.5. The van der Waals surface area contributed by atoms with Gasteiger partial charge < -0.3 is 19.9 Å². The highest BCUT2D eigenvalue weighted by Gasteiger charge is 2.05. The molecule has 0 aromatic carbocycles. The highest BCUT2D eigenvalue weighted by Crippen LogP contribution is 2.15. The molecule has 0 aliphatic carbocycles. The van der Waals surface area contributed by atoms with E-state index in [1.807, 2.05) is 19.9 Å². The summed E-state index contributed by atoms with van der Waals surface area (Å²) in [7, 11) is 1.66. The van der Waals surface area contributed by atoms with E-state index in [1.165, 1.54) is 0 Å². The molecule has 0 aliphatic rings. The Bertz CT molecular complexity index is 541. The van der Waals surface area contributed by atoms with Crippen LogP contribution >= 0.6 is 0 Å². The standard InChI is InChI=1S/C12H17N5O2/c1-8-6-10(13-4-5-18-3)15-12(14-8)16-11-7-9(2)19-17-11/h6-7H,4-5H2,1-3H3,(H2,13,14,15,16,17). The van der Waals surface area contributed by atoms with Gasteiger partial charge in [-0.3, -0.25) is 0 Å². The molecule has 0 saturated heterocycles. The maximum Gasteiger partial charge on any atom is 0.230 e. The molecule has 102 valence electrons. The van der Waals surface area contributed by atoms with Gasteiger partial charge in [-0.25, -0.2) is 4.98 Å². The molecule has 0 bridgehead atoms. The van der Waals surface area contributed by atoms with E-state index in [0.717, 1.165) is 17.3 Å². The van der Waals surface area contributed by atoms with E-state index in [9.17, 15) is 0 Å². The summed E-state index contributed by atoms with van der Waals surface area (Å²) in [5.41, 5.74) is 0.859. The zero-order valence-corrected chi connectivity index (χ0v) is 11.2. The van der Waals surface area contributed by atoms with Gasteiger partial charge in [0.25, 0.3) is 0 Å². The number of anilines is 3. The molecule has 0 saturated carbocycles. The van der Waals surface area contributed by atoms with Crippen LogP contribution in [0.3, 0.4) is 0 Å². The molecule has 0 aliphatic heterocycles. The molecule has 2 N–H and O–H groups in total. The second-order valence-corrected chi connectivity index (χ2v) is 4.09. The van der Waals surface area contributed by atoms with E-state index in [2.05, 4.69) is 25.8 Å². The summed E-state index contributed by atoms with van der Waals surface area (Å²) < 4.78 is 9.95.